The molecule has 0 spiro atoms. The number of ether oxygens (including phenoxy) is 3. The molecular weight excluding hydrogens is 437 g/mol. The number of rotatable bonds is 9. The monoisotopic (exact) mass is 466 g/mol. The van der Waals surface area contributed by atoms with Crippen molar-refractivity contribution >= 4 is 6.09 Å². The molecule has 2 N–H and O–H groups in total. The maximum Gasteiger partial charge on any atom is 0.573 e. The fraction of sp³-hybridized carbons (Fsp3) is 0.458. The summed E-state index contributed by atoms with van der Waals surface area (Å²) >= 11 is 0. The Morgan fingerprint density at radius 1 is 1.00 bits per heavy atom. The van der Waals surface area contributed by atoms with Crippen molar-refractivity contribution in [2.75, 3.05) is 13.2 Å². The number of amides is 1. The predicted molar refractivity (Wildman–Crippen MR) is 118 cm³/mol. The van der Waals surface area contributed by atoms with Crippen LogP contribution in [0.25, 0.3) is 11.1 Å². The molecular formula is C24H29F3N2O4. The number of hydrogen-bond donors (Lipinski definition) is 2. The number of alkyl carbamates (subject to hydrolysis) is 1. The van der Waals surface area contributed by atoms with Crippen LogP contribution in [0.2, 0.25) is 0 Å². The SMILES string of the molecule is CC(C)(C)OC(=O)NCCOc1cc(CNC2CC2)cc(-c2ccc(OC(F)(F)F)cc2)c1. The smallest absolute Gasteiger partial charge is 0.492 e. The van der Waals surface area contributed by atoms with Crippen LogP contribution in [-0.2, 0) is 11.3 Å². The molecule has 3 rings (SSSR count). The van der Waals surface area contributed by atoms with E-state index in [9.17, 15) is 18.0 Å². The zero-order valence-corrected chi connectivity index (χ0v) is 18.9. The molecule has 1 fully saturated rings. The van der Waals surface area contributed by atoms with Gasteiger partial charge in [0.2, 0.25) is 0 Å². The van der Waals surface area contributed by atoms with Gasteiger partial charge >= 0.3 is 12.5 Å². The summed E-state index contributed by atoms with van der Waals surface area (Å²) in [6.07, 6.45) is -2.94. The molecule has 0 radical (unpaired) electrons. The Bertz CT molecular complexity index is 936. The van der Waals surface area contributed by atoms with Crippen molar-refractivity contribution in [2.45, 2.75) is 58.2 Å². The van der Waals surface area contributed by atoms with E-state index in [-0.39, 0.29) is 18.9 Å². The molecule has 2 aromatic rings. The van der Waals surface area contributed by atoms with Crippen LogP contribution < -0.4 is 20.1 Å². The summed E-state index contributed by atoms with van der Waals surface area (Å²) in [6, 6.07) is 11.9. The van der Waals surface area contributed by atoms with E-state index in [4.69, 9.17) is 9.47 Å². The lowest BCUT2D eigenvalue weighted by molar-refractivity contribution is -0.274. The fourth-order valence-electron chi connectivity index (χ4n) is 3.05. The minimum atomic E-state index is -4.73. The molecule has 0 unspecified atom stereocenters. The van der Waals surface area contributed by atoms with Crippen LogP contribution in [0.1, 0.15) is 39.2 Å². The van der Waals surface area contributed by atoms with Gasteiger partial charge in [-0.25, -0.2) is 4.79 Å². The number of hydrogen-bond acceptors (Lipinski definition) is 5. The van der Waals surface area contributed by atoms with E-state index in [1.165, 1.54) is 12.1 Å². The average molecular weight is 467 g/mol. The molecule has 1 aliphatic rings. The third-order valence-electron chi connectivity index (χ3n) is 4.60. The van der Waals surface area contributed by atoms with Gasteiger partial charge < -0.3 is 24.8 Å². The number of benzene rings is 2. The first kappa shape index (κ1) is 24.7. The number of carbonyl (C=O) groups is 1. The highest BCUT2D eigenvalue weighted by Gasteiger charge is 2.31. The minimum absolute atomic E-state index is 0.233. The van der Waals surface area contributed by atoms with E-state index in [1.54, 1.807) is 32.9 Å². The minimum Gasteiger partial charge on any atom is -0.492 e. The van der Waals surface area contributed by atoms with Crippen LogP contribution in [0.15, 0.2) is 42.5 Å². The summed E-state index contributed by atoms with van der Waals surface area (Å²) in [5.41, 5.74) is 1.95. The number of alkyl halides is 3. The topological polar surface area (TPSA) is 68.8 Å². The van der Waals surface area contributed by atoms with Crippen molar-refractivity contribution < 1.29 is 32.2 Å². The van der Waals surface area contributed by atoms with Crippen LogP contribution in [0.4, 0.5) is 18.0 Å². The molecule has 2 aromatic carbocycles. The van der Waals surface area contributed by atoms with Crippen LogP contribution in [0.3, 0.4) is 0 Å². The standard InChI is InChI=1S/C24H29F3N2O4/c1-23(2,3)33-22(30)28-10-11-31-21-13-16(15-29-19-6-7-19)12-18(14-21)17-4-8-20(9-5-17)32-24(25,26)27/h4-5,8-9,12-14,19,29H,6-7,10-11,15H2,1-3H3,(H,28,30). The first-order valence-electron chi connectivity index (χ1n) is 10.8. The molecule has 1 aliphatic carbocycles. The highest BCUT2D eigenvalue weighted by atomic mass is 19.4. The lowest BCUT2D eigenvalue weighted by Crippen LogP contribution is -2.34. The number of nitrogens with one attached hydrogen (secondary N) is 2. The molecule has 1 saturated carbocycles. The third-order valence-corrected chi connectivity index (χ3v) is 4.60. The zero-order chi connectivity index (χ0) is 24.1. The normalized spacial score (nSPS) is 14.0. The number of carbonyl (C=O) groups excluding carboxylic acids is 1. The second-order valence-corrected chi connectivity index (χ2v) is 8.87. The van der Waals surface area contributed by atoms with Crippen molar-refractivity contribution in [3.8, 4) is 22.6 Å². The van der Waals surface area contributed by atoms with E-state index < -0.39 is 18.1 Å². The van der Waals surface area contributed by atoms with Gasteiger partial charge in [0.15, 0.2) is 0 Å². The van der Waals surface area contributed by atoms with Gasteiger partial charge in [-0.05, 0) is 80.6 Å². The van der Waals surface area contributed by atoms with E-state index >= 15 is 0 Å². The van der Waals surface area contributed by atoms with Gasteiger partial charge in [-0.2, -0.15) is 0 Å². The van der Waals surface area contributed by atoms with Gasteiger partial charge in [-0.3, -0.25) is 0 Å². The molecule has 9 heteroatoms. The van der Waals surface area contributed by atoms with Gasteiger partial charge in [0.05, 0.1) is 6.54 Å². The van der Waals surface area contributed by atoms with Crippen molar-refractivity contribution in [3.63, 3.8) is 0 Å². The summed E-state index contributed by atoms with van der Waals surface area (Å²) in [5.74, 6) is 0.323. The predicted octanol–water partition coefficient (Wildman–Crippen LogP) is 5.41. The van der Waals surface area contributed by atoms with Crippen molar-refractivity contribution in [1.82, 2.24) is 10.6 Å². The second-order valence-electron chi connectivity index (χ2n) is 8.87. The van der Waals surface area contributed by atoms with Crippen molar-refractivity contribution in [2.24, 2.45) is 0 Å². The lowest BCUT2D eigenvalue weighted by atomic mass is 10.0. The van der Waals surface area contributed by atoms with Gasteiger partial charge in [0, 0.05) is 12.6 Å². The summed E-state index contributed by atoms with van der Waals surface area (Å²) in [6.45, 7) is 6.50. The zero-order valence-electron chi connectivity index (χ0n) is 18.9. The van der Waals surface area contributed by atoms with E-state index in [1.807, 2.05) is 18.2 Å². The van der Waals surface area contributed by atoms with Crippen LogP contribution >= 0.6 is 0 Å². The van der Waals surface area contributed by atoms with E-state index in [0.717, 1.165) is 29.5 Å². The maximum atomic E-state index is 12.4. The summed E-state index contributed by atoms with van der Waals surface area (Å²) in [4.78, 5) is 11.8. The Kier molecular flexibility index (Phi) is 7.73. The fourth-order valence-corrected chi connectivity index (χ4v) is 3.05. The van der Waals surface area contributed by atoms with Crippen molar-refractivity contribution in [1.29, 1.82) is 0 Å². The van der Waals surface area contributed by atoms with E-state index in [0.29, 0.717) is 18.3 Å². The molecule has 0 heterocycles. The van der Waals surface area contributed by atoms with Crippen LogP contribution in [-0.4, -0.2) is 37.3 Å². The quantitative estimate of drug-likeness (QED) is 0.484. The maximum absolute atomic E-state index is 12.4. The molecule has 6 nitrogen and oxygen atoms in total. The Morgan fingerprint density at radius 3 is 2.30 bits per heavy atom. The number of halogens is 3. The Morgan fingerprint density at radius 2 is 1.70 bits per heavy atom. The van der Waals surface area contributed by atoms with Crippen LogP contribution in [0, 0.1) is 0 Å². The molecule has 0 bridgehead atoms. The molecule has 180 valence electrons. The molecule has 0 aliphatic heterocycles. The summed E-state index contributed by atoms with van der Waals surface area (Å²) in [7, 11) is 0. The highest BCUT2D eigenvalue weighted by Crippen LogP contribution is 2.30. The first-order chi connectivity index (χ1) is 15.5. The average Bonchev–Trinajstić information content (AvgIpc) is 3.52. The molecule has 1 amide bonds. The second kappa shape index (κ2) is 10.3. The molecule has 0 saturated heterocycles. The van der Waals surface area contributed by atoms with Gasteiger partial charge in [-0.1, -0.05) is 12.1 Å². The van der Waals surface area contributed by atoms with Gasteiger partial charge in [-0.15, -0.1) is 13.2 Å². The Hall–Kier alpha value is -2.94. The molecule has 0 aromatic heterocycles. The van der Waals surface area contributed by atoms with Gasteiger partial charge in [0.1, 0.15) is 23.7 Å². The lowest BCUT2D eigenvalue weighted by Gasteiger charge is -2.19. The van der Waals surface area contributed by atoms with Crippen LogP contribution in [0.5, 0.6) is 11.5 Å². The van der Waals surface area contributed by atoms with Crippen molar-refractivity contribution in [3.05, 3.63) is 48.0 Å². The van der Waals surface area contributed by atoms with Gasteiger partial charge in [0.25, 0.3) is 0 Å². The summed E-state index contributed by atoms with van der Waals surface area (Å²) in [5, 5.41) is 6.08. The first-order valence-corrected chi connectivity index (χ1v) is 10.8. The Labute approximate surface area is 191 Å². The van der Waals surface area contributed by atoms with E-state index in [2.05, 4.69) is 15.4 Å². The molecule has 0 atom stereocenters. The molecule has 33 heavy (non-hydrogen) atoms. The third kappa shape index (κ3) is 9.21. The Balaban J connectivity index is 1.66. The summed E-state index contributed by atoms with van der Waals surface area (Å²) < 4.78 is 52.2. The highest BCUT2D eigenvalue weighted by molar-refractivity contribution is 5.68. The largest absolute Gasteiger partial charge is 0.573 e.